The maximum Gasteiger partial charge on any atom is 0.124 e. The minimum atomic E-state index is -0.189. The van der Waals surface area contributed by atoms with E-state index in [1.54, 1.807) is 23.5 Å². The molecule has 84 valence electrons. The minimum Gasteiger partial charge on any atom is -0.328 e. The molecule has 1 saturated carbocycles. The molecule has 2 aromatic rings. The van der Waals surface area contributed by atoms with E-state index in [1.807, 2.05) is 0 Å². The summed E-state index contributed by atoms with van der Waals surface area (Å²) < 4.78 is 14.0. The number of halogens is 1. The van der Waals surface area contributed by atoms with E-state index in [2.05, 4.69) is 4.98 Å². The predicted molar refractivity (Wildman–Crippen MR) is 64.1 cm³/mol. The molecule has 0 radical (unpaired) electrons. The van der Waals surface area contributed by atoms with Crippen molar-refractivity contribution < 1.29 is 4.39 Å². The third-order valence-corrected chi connectivity index (χ3v) is 4.37. The van der Waals surface area contributed by atoms with Gasteiger partial charge in [-0.2, -0.15) is 0 Å². The van der Waals surface area contributed by atoms with Crippen LogP contribution in [0.15, 0.2) is 18.2 Å². The Hall–Kier alpha value is -1.000. The quantitative estimate of drug-likeness (QED) is 0.826. The van der Waals surface area contributed by atoms with Gasteiger partial charge >= 0.3 is 0 Å². The van der Waals surface area contributed by atoms with E-state index in [0.29, 0.717) is 12.0 Å². The van der Waals surface area contributed by atoms with Gasteiger partial charge in [-0.3, -0.25) is 0 Å². The van der Waals surface area contributed by atoms with E-state index >= 15 is 0 Å². The van der Waals surface area contributed by atoms with Gasteiger partial charge in [0.05, 0.1) is 15.2 Å². The molecule has 0 aliphatic heterocycles. The summed E-state index contributed by atoms with van der Waals surface area (Å²) in [5, 5.41) is 1.12. The Morgan fingerprint density at radius 1 is 1.38 bits per heavy atom. The van der Waals surface area contributed by atoms with Crippen molar-refractivity contribution in [3.8, 4) is 0 Å². The average molecular weight is 236 g/mol. The Morgan fingerprint density at radius 3 is 3.00 bits per heavy atom. The fourth-order valence-electron chi connectivity index (χ4n) is 2.33. The summed E-state index contributed by atoms with van der Waals surface area (Å²) in [6, 6.07) is 5.09. The second-order valence-corrected chi connectivity index (χ2v) is 5.50. The number of hydrogen-bond acceptors (Lipinski definition) is 3. The van der Waals surface area contributed by atoms with E-state index in [9.17, 15) is 4.39 Å². The van der Waals surface area contributed by atoms with Crippen LogP contribution in [0.1, 0.15) is 30.2 Å². The first-order valence-corrected chi connectivity index (χ1v) is 6.35. The van der Waals surface area contributed by atoms with Crippen molar-refractivity contribution in [2.24, 2.45) is 5.73 Å². The van der Waals surface area contributed by atoms with E-state index in [-0.39, 0.29) is 5.82 Å². The van der Waals surface area contributed by atoms with Crippen molar-refractivity contribution in [3.05, 3.63) is 29.0 Å². The van der Waals surface area contributed by atoms with Crippen LogP contribution in [0.2, 0.25) is 0 Å². The second-order valence-electron chi connectivity index (χ2n) is 4.43. The summed E-state index contributed by atoms with van der Waals surface area (Å²) >= 11 is 1.60. The van der Waals surface area contributed by atoms with Crippen LogP contribution in [0, 0.1) is 5.82 Å². The van der Waals surface area contributed by atoms with Gasteiger partial charge in [-0.1, -0.05) is 0 Å². The average Bonchev–Trinajstić information content (AvgIpc) is 2.83. The zero-order valence-electron chi connectivity index (χ0n) is 8.82. The molecule has 0 bridgehead atoms. The maximum absolute atomic E-state index is 13.0. The van der Waals surface area contributed by atoms with Gasteiger partial charge < -0.3 is 5.73 Å². The molecular formula is C12H13FN2S. The van der Waals surface area contributed by atoms with Crippen LogP contribution >= 0.6 is 11.3 Å². The number of benzene rings is 1. The number of rotatable bonds is 1. The first kappa shape index (κ1) is 10.2. The fraction of sp³-hybridized carbons (Fsp3) is 0.417. The van der Waals surface area contributed by atoms with Crippen LogP contribution in [-0.4, -0.2) is 11.0 Å². The lowest BCUT2D eigenvalue weighted by molar-refractivity contribution is 0.630. The predicted octanol–water partition coefficient (Wildman–Crippen LogP) is 3.03. The summed E-state index contributed by atoms with van der Waals surface area (Å²) in [6.07, 6.45) is 3.21. The van der Waals surface area contributed by atoms with E-state index in [1.165, 1.54) is 6.07 Å². The van der Waals surface area contributed by atoms with Gasteiger partial charge in [-0.05, 0) is 37.5 Å². The Balaban J connectivity index is 1.99. The van der Waals surface area contributed by atoms with E-state index < -0.39 is 0 Å². The molecule has 4 heteroatoms. The van der Waals surface area contributed by atoms with Gasteiger partial charge in [0.15, 0.2) is 0 Å². The van der Waals surface area contributed by atoms with Crippen LogP contribution in [0.25, 0.3) is 10.2 Å². The molecule has 3 rings (SSSR count). The molecule has 2 atom stereocenters. The molecule has 1 fully saturated rings. The van der Waals surface area contributed by atoms with Crippen LogP contribution in [-0.2, 0) is 0 Å². The minimum absolute atomic E-state index is 0.189. The number of fused-ring (bicyclic) bond motifs is 1. The van der Waals surface area contributed by atoms with E-state index in [4.69, 9.17) is 5.73 Å². The van der Waals surface area contributed by atoms with Crippen LogP contribution in [0.4, 0.5) is 4.39 Å². The Morgan fingerprint density at radius 2 is 2.25 bits per heavy atom. The lowest BCUT2D eigenvalue weighted by atomic mass is 10.1. The molecule has 2 unspecified atom stereocenters. The second kappa shape index (κ2) is 3.79. The molecule has 1 aromatic carbocycles. The lowest BCUT2D eigenvalue weighted by Gasteiger charge is -2.03. The number of aromatic nitrogens is 1. The van der Waals surface area contributed by atoms with E-state index in [0.717, 1.165) is 34.5 Å². The largest absolute Gasteiger partial charge is 0.328 e. The van der Waals surface area contributed by atoms with Crippen molar-refractivity contribution >= 4 is 21.6 Å². The molecule has 1 aliphatic rings. The number of nitrogens with zero attached hydrogens (tertiary/aromatic N) is 1. The highest BCUT2D eigenvalue weighted by Crippen LogP contribution is 2.37. The zero-order chi connectivity index (χ0) is 11.1. The van der Waals surface area contributed by atoms with Gasteiger partial charge in [0.25, 0.3) is 0 Å². The highest BCUT2D eigenvalue weighted by molar-refractivity contribution is 7.18. The third-order valence-electron chi connectivity index (χ3n) is 3.19. The number of thiazole rings is 1. The molecule has 1 aromatic heterocycles. The Kier molecular flexibility index (Phi) is 2.41. The van der Waals surface area contributed by atoms with Gasteiger partial charge in [0.2, 0.25) is 0 Å². The molecular weight excluding hydrogens is 223 g/mol. The highest BCUT2D eigenvalue weighted by atomic mass is 32.1. The van der Waals surface area contributed by atoms with Crippen molar-refractivity contribution in [1.29, 1.82) is 0 Å². The Labute approximate surface area is 97.3 Å². The normalized spacial score (nSPS) is 25.4. The molecule has 16 heavy (non-hydrogen) atoms. The van der Waals surface area contributed by atoms with Crippen molar-refractivity contribution in [3.63, 3.8) is 0 Å². The van der Waals surface area contributed by atoms with Gasteiger partial charge in [0, 0.05) is 12.0 Å². The van der Waals surface area contributed by atoms with Gasteiger partial charge in [-0.25, -0.2) is 9.37 Å². The SMILES string of the molecule is NC1CCC(c2nc3ccc(F)cc3s2)C1. The first-order chi connectivity index (χ1) is 7.72. The maximum atomic E-state index is 13.0. The summed E-state index contributed by atoms with van der Waals surface area (Å²) in [5.41, 5.74) is 6.80. The molecule has 0 amide bonds. The summed E-state index contributed by atoms with van der Waals surface area (Å²) in [6.45, 7) is 0. The molecule has 0 spiro atoms. The molecule has 0 saturated heterocycles. The molecule has 2 N–H and O–H groups in total. The first-order valence-electron chi connectivity index (χ1n) is 5.54. The molecule has 1 aliphatic carbocycles. The lowest BCUT2D eigenvalue weighted by Crippen LogP contribution is -2.14. The van der Waals surface area contributed by atoms with Crippen LogP contribution < -0.4 is 5.73 Å². The van der Waals surface area contributed by atoms with Crippen molar-refractivity contribution in [1.82, 2.24) is 4.98 Å². The summed E-state index contributed by atoms with van der Waals surface area (Å²) in [4.78, 5) is 4.57. The van der Waals surface area contributed by atoms with Crippen molar-refractivity contribution in [2.75, 3.05) is 0 Å². The van der Waals surface area contributed by atoms with Gasteiger partial charge in [0.1, 0.15) is 5.82 Å². The zero-order valence-corrected chi connectivity index (χ0v) is 9.64. The topological polar surface area (TPSA) is 38.9 Å². The number of nitrogens with two attached hydrogens (primary N) is 1. The summed E-state index contributed by atoms with van der Waals surface area (Å²) in [7, 11) is 0. The third kappa shape index (κ3) is 1.72. The fourth-order valence-corrected chi connectivity index (χ4v) is 3.47. The van der Waals surface area contributed by atoms with Crippen LogP contribution in [0.5, 0.6) is 0 Å². The Bertz CT molecular complexity index is 523. The highest BCUT2D eigenvalue weighted by Gasteiger charge is 2.25. The molecule has 2 nitrogen and oxygen atoms in total. The van der Waals surface area contributed by atoms with Crippen LogP contribution in [0.3, 0.4) is 0 Å². The molecule has 1 heterocycles. The monoisotopic (exact) mass is 236 g/mol. The summed E-state index contributed by atoms with van der Waals surface area (Å²) in [5.74, 6) is 0.293. The smallest absolute Gasteiger partial charge is 0.124 e. The van der Waals surface area contributed by atoms with Crippen molar-refractivity contribution in [2.45, 2.75) is 31.2 Å². The number of hydrogen-bond donors (Lipinski definition) is 1. The standard InChI is InChI=1S/C12H13FN2S/c13-8-2-4-10-11(6-8)16-12(15-10)7-1-3-9(14)5-7/h2,4,6-7,9H,1,3,5,14H2. The van der Waals surface area contributed by atoms with Gasteiger partial charge in [-0.15, -0.1) is 11.3 Å².